The SMILES string of the molecule is O=Cc1cc(C2CCCS(=O)(=O)C2)on1. The molecule has 0 spiro atoms. The van der Waals surface area contributed by atoms with E-state index in [1.807, 2.05) is 0 Å². The largest absolute Gasteiger partial charge is 0.360 e. The van der Waals surface area contributed by atoms with E-state index < -0.39 is 9.84 Å². The highest BCUT2D eigenvalue weighted by atomic mass is 32.2. The molecule has 1 fully saturated rings. The van der Waals surface area contributed by atoms with Gasteiger partial charge in [-0.3, -0.25) is 4.79 Å². The lowest BCUT2D eigenvalue weighted by Gasteiger charge is -2.18. The van der Waals surface area contributed by atoms with Gasteiger partial charge in [-0.1, -0.05) is 5.16 Å². The minimum atomic E-state index is -2.95. The predicted octanol–water partition coefficient (Wildman–Crippen LogP) is 0.779. The average Bonchev–Trinajstić information content (AvgIpc) is 2.64. The zero-order valence-electron chi connectivity index (χ0n) is 8.05. The molecule has 0 amide bonds. The van der Waals surface area contributed by atoms with E-state index in [9.17, 15) is 13.2 Å². The van der Waals surface area contributed by atoms with E-state index in [4.69, 9.17) is 4.52 Å². The van der Waals surface area contributed by atoms with Crippen molar-refractivity contribution in [3.8, 4) is 0 Å². The minimum absolute atomic E-state index is 0.0977. The Morgan fingerprint density at radius 3 is 2.93 bits per heavy atom. The highest BCUT2D eigenvalue weighted by Crippen LogP contribution is 2.28. The van der Waals surface area contributed by atoms with Gasteiger partial charge < -0.3 is 4.52 Å². The van der Waals surface area contributed by atoms with Gasteiger partial charge in [-0.15, -0.1) is 0 Å². The van der Waals surface area contributed by atoms with Gasteiger partial charge in [0.05, 0.1) is 11.5 Å². The van der Waals surface area contributed by atoms with E-state index in [-0.39, 0.29) is 23.1 Å². The lowest BCUT2D eigenvalue weighted by Crippen LogP contribution is -2.23. The maximum Gasteiger partial charge on any atom is 0.171 e. The van der Waals surface area contributed by atoms with Gasteiger partial charge in [0.1, 0.15) is 11.5 Å². The summed E-state index contributed by atoms with van der Waals surface area (Å²) in [5.74, 6) is 0.698. The molecule has 0 aliphatic carbocycles. The molecule has 5 nitrogen and oxygen atoms in total. The number of aldehydes is 1. The van der Waals surface area contributed by atoms with Crippen molar-refractivity contribution in [3.05, 3.63) is 17.5 Å². The van der Waals surface area contributed by atoms with Crippen LogP contribution in [0.1, 0.15) is 35.0 Å². The number of rotatable bonds is 2. The number of hydrogen-bond acceptors (Lipinski definition) is 5. The highest BCUT2D eigenvalue weighted by Gasteiger charge is 2.28. The Balaban J connectivity index is 2.20. The van der Waals surface area contributed by atoms with Crippen LogP contribution in [0.25, 0.3) is 0 Å². The first-order valence-corrected chi connectivity index (χ1v) is 6.55. The van der Waals surface area contributed by atoms with Crippen LogP contribution in [0.2, 0.25) is 0 Å². The van der Waals surface area contributed by atoms with Crippen molar-refractivity contribution in [2.45, 2.75) is 18.8 Å². The molecule has 1 saturated heterocycles. The van der Waals surface area contributed by atoms with Gasteiger partial charge in [-0.05, 0) is 12.8 Å². The molecule has 1 unspecified atom stereocenters. The molecule has 6 heteroatoms. The van der Waals surface area contributed by atoms with Gasteiger partial charge in [0.2, 0.25) is 0 Å². The first-order valence-electron chi connectivity index (χ1n) is 4.73. The van der Waals surface area contributed by atoms with Crippen molar-refractivity contribution in [2.75, 3.05) is 11.5 Å². The molecule has 1 aliphatic rings. The lowest BCUT2D eigenvalue weighted by atomic mass is 10.0. The van der Waals surface area contributed by atoms with Crippen molar-refractivity contribution in [2.24, 2.45) is 0 Å². The Labute approximate surface area is 87.4 Å². The van der Waals surface area contributed by atoms with Crippen molar-refractivity contribution in [1.29, 1.82) is 0 Å². The van der Waals surface area contributed by atoms with E-state index in [0.717, 1.165) is 6.42 Å². The number of aromatic nitrogens is 1. The summed E-state index contributed by atoms with van der Waals surface area (Å²) in [4.78, 5) is 10.4. The summed E-state index contributed by atoms with van der Waals surface area (Å²) in [7, 11) is -2.95. The van der Waals surface area contributed by atoms with Gasteiger partial charge in [-0.2, -0.15) is 0 Å². The smallest absolute Gasteiger partial charge is 0.171 e. The van der Waals surface area contributed by atoms with Gasteiger partial charge in [0.15, 0.2) is 16.1 Å². The second-order valence-electron chi connectivity index (χ2n) is 3.73. The topological polar surface area (TPSA) is 77.2 Å². The zero-order valence-corrected chi connectivity index (χ0v) is 8.87. The Kier molecular flexibility index (Phi) is 2.60. The Morgan fingerprint density at radius 2 is 2.33 bits per heavy atom. The Bertz CT molecular complexity index is 462. The molecule has 1 atom stereocenters. The number of carbonyl (C=O) groups excluding carboxylic acids is 1. The summed E-state index contributed by atoms with van der Waals surface area (Å²) in [6, 6.07) is 1.51. The maximum absolute atomic E-state index is 11.4. The van der Waals surface area contributed by atoms with Crippen molar-refractivity contribution in [3.63, 3.8) is 0 Å². The van der Waals surface area contributed by atoms with Gasteiger partial charge in [0, 0.05) is 12.0 Å². The Hall–Kier alpha value is -1.17. The maximum atomic E-state index is 11.4. The summed E-state index contributed by atoms with van der Waals surface area (Å²) in [5, 5.41) is 3.52. The summed E-state index contributed by atoms with van der Waals surface area (Å²) in [6.45, 7) is 0. The van der Waals surface area contributed by atoms with Gasteiger partial charge >= 0.3 is 0 Å². The number of carbonyl (C=O) groups is 1. The fourth-order valence-corrected chi connectivity index (χ4v) is 3.52. The van der Waals surface area contributed by atoms with Crippen LogP contribution in [0.5, 0.6) is 0 Å². The first-order chi connectivity index (χ1) is 7.11. The molecule has 1 aliphatic heterocycles. The van der Waals surface area contributed by atoms with Gasteiger partial charge in [0.25, 0.3) is 0 Å². The van der Waals surface area contributed by atoms with Crippen LogP contribution in [-0.2, 0) is 9.84 Å². The minimum Gasteiger partial charge on any atom is -0.360 e. The molecule has 2 heterocycles. The van der Waals surface area contributed by atoms with E-state index >= 15 is 0 Å². The first kappa shape index (κ1) is 10.4. The zero-order chi connectivity index (χ0) is 10.9. The fourth-order valence-electron chi connectivity index (χ4n) is 1.80. The second-order valence-corrected chi connectivity index (χ2v) is 5.95. The average molecular weight is 229 g/mol. The molecule has 0 radical (unpaired) electrons. The molecule has 82 valence electrons. The van der Waals surface area contributed by atoms with Crippen LogP contribution in [0.4, 0.5) is 0 Å². The molecule has 0 bridgehead atoms. The molecule has 15 heavy (non-hydrogen) atoms. The summed E-state index contributed by atoms with van der Waals surface area (Å²) in [5.41, 5.74) is 0.216. The van der Waals surface area contributed by atoms with Crippen molar-refractivity contribution < 1.29 is 17.7 Å². The quantitative estimate of drug-likeness (QED) is 0.700. The van der Waals surface area contributed by atoms with Gasteiger partial charge in [-0.25, -0.2) is 8.42 Å². The molecule has 0 aromatic carbocycles. The Morgan fingerprint density at radius 1 is 1.53 bits per heavy atom. The van der Waals surface area contributed by atoms with E-state index in [1.54, 1.807) is 0 Å². The summed E-state index contributed by atoms with van der Waals surface area (Å²) >= 11 is 0. The standard InChI is InChI=1S/C9H11NO4S/c11-5-8-4-9(14-10-8)7-2-1-3-15(12,13)6-7/h4-5,7H,1-3,6H2. The van der Waals surface area contributed by atoms with Crippen LogP contribution in [-0.4, -0.2) is 31.4 Å². The number of sulfone groups is 1. The molecule has 1 aromatic rings. The van der Waals surface area contributed by atoms with E-state index in [0.29, 0.717) is 18.5 Å². The van der Waals surface area contributed by atoms with Crippen molar-refractivity contribution >= 4 is 16.1 Å². The van der Waals surface area contributed by atoms with Crippen molar-refractivity contribution in [1.82, 2.24) is 5.16 Å². The molecule has 1 aromatic heterocycles. The fraction of sp³-hybridized carbons (Fsp3) is 0.556. The summed E-state index contributed by atoms with van der Waals surface area (Å²) in [6.07, 6.45) is 2.00. The van der Waals surface area contributed by atoms with Crippen LogP contribution >= 0.6 is 0 Å². The third-order valence-electron chi connectivity index (χ3n) is 2.53. The summed E-state index contributed by atoms with van der Waals surface area (Å²) < 4.78 is 27.7. The van der Waals surface area contributed by atoms with Crippen LogP contribution in [0.15, 0.2) is 10.6 Å². The normalized spacial score (nSPS) is 24.9. The third-order valence-corrected chi connectivity index (χ3v) is 4.35. The van der Waals surface area contributed by atoms with Crippen LogP contribution in [0.3, 0.4) is 0 Å². The van der Waals surface area contributed by atoms with Crippen LogP contribution in [0, 0.1) is 0 Å². The number of nitrogens with zero attached hydrogens (tertiary/aromatic N) is 1. The molecule has 0 saturated carbocycles. The molecule has 0 N–H and O–H groups in total. The molecular weight excluding hydrogens is 218 g/mol. The van der Waals surface area contributed by atoms with Crippen LogP contribution < -0.4 is 0 Å². The molecule has 2 rings (SSSR count). The third kappa shape index (κ3) is 2.26. The number of hydrogen-bond donors (Lipinski definition) is 0. The van der Waals surface area contributed by atoms with E-state index in [2.05, 4.69) is 5.16 Å². The second kappa shape index (κ2) is 3.77. The van der Waals surface area contributed by atoms with E-state index in [1.165, 1.54) is 6.07 Å². The highest BCUT2D eigenvalue weighted by molar-refractivity contribution is 7.91. The monoisotopic (exact) mass is 229 g/mol. The lowest BCUT2D eigenvalue weighted by molar-refractivity contribution is 0.111. The molecular formula is C9H11NO4S. The predicted molar refractivity (Wildman–Crippen MR) is 52.5 cm³/mol.